The van der Waals surface area contributed by atoms with Gasteiger partial charge >= 0.3 is 0 Å². The monoisotopic (exact) mass is 406 g/mol. The van der Waals surface area contributed by atoms with Crippen molar-refractivity contribution in [1.82, 2.24) is 5.32 Å². The van der Waals surface area contributed by atoms with E-state index in [1.807, 2.05) is 37.3 Å². The van der Waals surface area contributed by atoms with E-state index < -0.39 is 16.1 Å². The van der Waals surface area contributed by atoms with Crippen LogP contribution in [0.3, 0.4) is 0 Å². The van der Waals surface area contributed by atoms with Gasteiger partial charge in [0.15, 0.2) is 6.10 Å². The zero-order valence-electron chi connectivity index (χ0n) is 16.3. The van der Waals surface area contributed by atoms with Crippen molar-refractivity contribution in [2.24, 2.45) is 0 Å². The Hall–Kier alpha value is -2.74. The van der Waals surface area contributed by atoms with E-state index in [2.05, 4.69) is 5.32 Å². The number of hydrogen-bond donors (Lipinski definition) is 1. The van der Waals surface area contributed by atoms with E-state index in [4.69, 9.17) is 9.47 Å². The van der Waals surface area contributed by atoms with Gasteiger partial charge in [0.25, 0.3) is 5.91 Å². The van der Waals surface area contributed by atoms with Crippen molar-refractivity contribution in [1.29, 1.82) is 0 Å². The van der Waals surface area contributed by atoms with E-state index in [-0.39, 0.29) is 5.91 Å². The summed E-state index contributed by atoms with van der Waals surface area (Å²) in [5.74, 6) is 1.02. The summed E-state index contributed by atoms with van der Waals surface area (Å²) in [5.41, 5.74) is 0.519. The number of nitrogens with one attached hydrogen (secondary N) is 1. The number of anilines is 1. The van der Waals surface area contributed by atoms with Crippen molar-refractivity contribution in [3.8, 4) is 11.5 Å². The summed E-state index contributed by atoms with van der Waals surface area (Å²) in [5, 5.41) is 2.80. The molecule has 0 unspecified atom stereocenters. The summed E-state index contributed by atoms with van der Waals surface area (Å²) in [7, 11) is -1.85. The minimum atomic E-state index is -3.33. The fourth-order valence-corrected chi connectivity index (χ4v) is 2.89. The minimum absolute atomic E-state index is 0.225. The van der Waals surface area contributed by atoms with Crippen molar-refractivity contribution in [2.45, 2.75) is 19.4 Å². The standard InChI is InChI=1S/C20H26N2O5S/c1-4-19(20(23)21-14-15-26-17-8-6-5-7-9-17)27-18-12-10-16(11-13-18)22(2)28(3,24)25/h5-13,19H,4,14-15H2,1-3H3,(H,21,23)/t19-/m0/s1. The number of amides is 1. The molecule has 0 fully saturated rings. The number of benzene rings is 2. The van der Waals surface area contributed by atoms with Crippen LogP contribution in [0.25, 0.3) is 0 Å². The molecule has 1 atom stereocenters. The van der Waals surface area contributed by atoms with Gasteiger partial charge in [0.1, 0.15) is 18.1 Å². The Morgan fingerprint density at radius 2 is 1.71 bits per heavy atom. The normalized spacial score (nSPS) is 12.1. The highest BCUT2D eigenvalue weighted by molar-refractivity contribution is 7.92. The molecule has 8 heteroatoms. The van der Waals surface area contributed by atoms with Crippen LogP contribution in [-0.4, -0.2) is 46.9 Å². The van der Waals surface area contributed by atoms with Gasteiger partial charge in [-0.3, -0.25) is 9.10 Å². The molecular weight excluding hydrogens is 380 g/mol. The maximum Gasteiger partial charge on any atom is 0.261 e. The molecule has 0 saturated carbocycles. The number of carbonyl (C=O) groups excluding carboxylic acids is 1. The Kier molecular flexibility index (Phi) is 7.69. The number of para-hydroxylation sites is 1. The number of ether oxygens (including phenoxy) is 2. The Morgan fingerprint density at radius 1 is 1.07 bits per heavy atom. The second-order valence-corrected chi connectivity index (χ2v) is 8.21. The van der Waals surface area contributed by atoms with Crippen LogP contribution in [0.1, 0.15) is 13.3 Å². The molecule has 2 rings (SSSR count). The average Bonchev–Trinajstić information content (AvgIpc) is 2.69. The lowest BCUT2D eigenvalue weighted by Crippen LogP contribution is -2.39. The average molecular weight is 407 g/mol. The van der Waals surface area contributed by atoms with Crippen LogP contribution < -0.4 is 19.1 Å². The molecule has 0 aliphatic heterocycles. The van der Waals surface area contributed by atoms with Crippen LogP contribution in [0.2, 0.25) is 0 Å². The third kappa shape index (κ3) is 6.45. The van der Waals surface area contributed by atoms with E-state index >= 15 is 0 Å². The van der Waals surface area contributed by atoms with Gasteiger partial charge in [-0.1, -0.05) is 25.1 Å². The van der Waals surface area contributed by atoms with Gasteiger partial charge in [0.2, 0.25) is 10.0 Å². The molecule has 0 aliphatic carbocycles. The minimum Gasteiger partial charge on any atom is -0.492 e. The van der Waals surface area contributed by atoms with Crippen LogP contribution >= 0.6 is 0 Å². The third-order valence-corrected chi connectivity index (χ3v) is 5.26. The Balaban J connectivity index is 1.84. The molecule has 0 bridgehead atoms. The smallest absolute Gasteiger partial charge is 0.261 e. The number of rotatable bonds is 10. The van der Waals surface area contributed by atoms with Gasteiger partial charge in [0.05, 0.1) is 18.5 Å². The van der Waals surface area contributed by atoms with E-state index in [9.17, 15) is 13.2 Å². The lowest BCUT2D eigenvalue weighted by Gasteiger charge is -2.19. The first-order chi connectivity index (χ1) is 13.3. The first-order valence-electron chi connectivity index (χ1n) is 8.97. The first kappa shape index (κ1) is 21.6. The summed E-state index contributed by atoms with van der Waals surface area (Å²) in [6, 6.07) is 15.9. The molecule has 0 aliphatic rings. The third-order valence-electron chi connectivity index (χ3n) is 4.05. The Bertz CT molecular complexity index is 854. The molecule has 2 aromatic carbocycles. The summed E-state index contributed by atoms with van der Waals surface area (Å²) in [4.78, 5) is 12.3. The zero-order valence-corrected chi connectivity index (χ0v) is 17.1. The first-order valence-corrected chi connectivity index (χ1v) is 10.8. The molecule has 7 nitrogen and oxygen atoms in total. The number of nitrogens with zero attached hydrogens (tertiary/aromatic N) is 1. The number of hydrogen-bond acceptors (Lipinski definition) is 5. The molecule has 1 N–H and O–H groups in total. The van der Waals surface area contributed by atoms with Crippen molar-refractivity contribution in [3.05, 3.63) is 54.6 Å². The SMILES string of the molecule is CC[C@H](Oc1ccc(N(C)S(C)(=O)=O)cc1)C(=O)NCCOc1ccccc1. The van der Waals surface area contributed by atoms with Crippen molar-refractivity contribution in [2.75, 3.05) is 30.8 Å². The van der Waals surface area contributed by atoms with Gasteiger partial charge in [-0.25, -0.2) is 8.42 Å². The van der Waals surface area contributed by atoms with E-state index in [0.29, 0.717) is 31.0 Å². The number of carbonyl (C=O) groups is 1. The van der Waals surface area contributed by atoms with Gasteiger partial charge in [0, 0.05) is 7.05 Å². The molecular formula is C20H26N2O5S. The zero-order chi connectivity index (χ0) is 20.6. The molecule has 1 amide bonds. The van der Waals surface area contributed by atoms with Crippen LogP contribution in [0, 0.1) is 0 Å². The number of sulfonamides is 1. The van der Waals surface area contributed by atoms with Crippen LogP contribution in [0.4, 0.5) is 5.69 Å². The largest absolute Gasteiger partial charge is 0.492 e. The van der Waals surface area contributed by atoms with Gasteiger partial charge in [-0.05, 0) is 42.8 Å². The maximum atomic E-state index is 12.3. The molecule has 0 aromatic heterocycles. The van der Waals surface area contributed by atoms with Gasteiger partial charge < -0.3 is 14.8 Å². The van der Waals surface area contributed by atoms with E-state index in [0.717, 1.165) is 12.0 Å². The highest BCUT2D eigenvalue weighted by atomic mass is 32.2. The molecule has 0 spiro atoms. The summed E-state index contributed by atoms with van der Waals surface area (Å²) in [6.07, 6.45) is 0.988. The topological polar surface area (TPSA) is 84.9 Å². The molecule has 0 saturated heterocycles. The van der Waals surface area contributed by atoms with Crippen molar-refractivity contribution in [3.63, 3.8) is 0 Å². The summed E-state index contributed by atoms with van der Waals surface area (Å²) in [6.45, 7) is 2.58. The molecule has 0 radical (unpaired) electrons. The predicted octanol–water partition coefficient (Wildman–Crippen LogP) is 2.44. The van der Waals surface area contributed by atoms with Gasteiger partial charge in [-0.15, -0.1) is 0 Å². The predicted molar refractivity (Wildman–Crippen MR) is 109 cm³/mol. The van der Waals surface area contributed by atoms with E-state index in [1.165, 1.54) is 11.4 Å². The molecule has 0 heterocycles. The van der Waals surface area contributed by atoms with Crippen LogP contribution in [0.15, 0.2) is 54.6 Å². The molecule has 28 heavy (non-hydrogen) atoms. The molecule has 2 aromatic rings. The summed E-state index contributed by atoms with van der Waals surface area (Å²) < 4.78 is 35.6. The van der Waals surface area contributed by atoms with E-state index in [1.54, 1.807) is 24.3 Å². The van der Waals surface area contributed by atoms with Gasteiger partial charge in [-0.2, -0.15) is 0 Å². The Morgan fingerprint density at radius 3 is 2.29 bits per heavy atom. The second kappa shape index (κ2) is 9.98. The maximum absolute atomic E-state index is 12.3. The molecule has 152 valence electrons. The highest BCUT2D eigenvalue weighted by Crippen LogP contribution is 2.21. The fraction of sp³-hybridized carbons (Fsp3) is 0.350. The second-order valence-electron chi connectivity index (χ2n) is 6.19. The summed E-state index contributed by atoms with van der Waals surface area (Å²) >= 11 is 0. The lowest BCUT2D eigenvalue weighted by atomic mass is 10.2. The quantitative estimate of drug-likeness (QED) is 0.613. The van der Waals surface area contributed by atoms with Crippen molar-refractivity contribution >= 4 is 21.6 Å². The highest BCUT2D eigenvalue weighted by Gasteiger charge is 2.18. The lowest BCUT2D eigenvalue weighted by molar-refractivity contribution is -0.128. The fourth-order valence-electron chi connectivity index (χ4n) is 2.39. The Labute approximate surface area is 166 Å². The van der Waals surface area contributed by atoms with Crippen LogP contribution in [0.5, 0.6) is 11.5 Å². The van der Waals surface area contributed by atoms with Crippen LogP contribution in [-0.2, 0) is 14.8 Å². The van der Waals surface area contributed by atoms with Crippen molar-refractivity contribution < 1.29 is 22.7 Å².